The minimum Gasteiger partial charge on any atom is -0.397 e. The zero-order valence-corrected chi connectivity index (χ0v) is 11.5. The van der Waals surface area contributed by atoms with Crippen molar-refractivity contribution in [2.75, 3.05) is 5.73 Å². The van der Waals surface area contributed by atoms with E-state index < -0.39 is 0 Å². The number of nitrogens with one attached hydrogen (secondary N) is 1. The van der Waals surface area contributed by atoms with Crippen LogP contribution in [0.5, 0.6) is 0 Å². The summed E-state index contributed by atoms with van der Waals surface area (Å²) in [4.78, 5) is 16.1. The molecule has 0 bridgehead atoms. The van der Waals surface area contributed by atoms with Crippen LogP contribution in [0.4, 0.5) is 5.69 Å². The van der Waals surface area contributed by atoms with Gasteiger partial charge in [0.2, 0.25) is 5.91 Å². The molecule has 1 aromatic rings. The normalized spacial score (nSPS) is 11.3. The fourth-order valence-electron chi connectivity index (χ4n) is 2.06. The van der Waals surface area contributed by atoms with E-state index in [9.17, 15) is 4.79 Å². The number of anilines is 1. The smallest absolute Gasteiger partial charge is 0.226 e. The Morgan fingerprint density at radius 2 is 1.89 bits per heavy atom. The first kappa shape index (κ1) is 14.5. The number of aromatic nitrogens is 1. The van der Waals surface area contributed by atoms with Crippen molar-refractivity contribution in [2.24, 2.45) is 0 Å². The first-order chi connectivity index (χ1) is 8.55. The summed E-state index contributed by atoms with van der Waals surface area (Å²) in [6, 6.07) is 3.56. The Hall–Kier alpha value is -1.58. The van der Waals surface area contributed by atoms with E-state index in [1.165, 1.54) is 0 Å². The van der Waals surface area contributed by atoms with Gasteiger partial charge in [0.1, 0.15) is 0 Å². The van der Waals surface area contributed by atoms with E-state index in [4.69, 9.17) is 5.73 Å². The van der Waals surface area contributed by atoms with Gasteiger partial charge in [0.15, 0.2) is 0 Å². The van der Waals surface area contributed by atoms with Gasteiger partial charge >= 0.3 is 0 Å². The minimum absolute atomic E-state index is 0.0258. The number of rotatable bonds is 6. The Morgan fingerprint density at radius 1 is 1.28 bits per heavy atom. The highest BCUT2D eigenvalue weighted by atomic mass is 16.1. The second-order valence-electron chi connectivity index (χ2n) is 4.65. The van der Waals surface area contributed by atoms with Crippen LogP contribution < -0.4 is 11.1 Å². The van der Waals surface area contributed by atoms with Crippen LogP contribution in [0, 0.1) is 0 Å². The highest BCUT2D eigenvalue weighted by molar-refractivity contribution is 5.79. The average molecular weight is 249 g/mol. The van der Waals surface area contributed by atoms with E-state index in [1.807, 2.05) is 0 Å². The molecule has 0 aliphatic heterocycles. The zero-order chi connectivity index (χ0) is 13.6. The fourth-order valence-corrected chi connectivity index (χ4v) is 2.06. The first-order valence-corrected chi connectivity index (χ1v) is 6.56. The number of nitrogen functional groups attached to an aromatic ring is 1. The van der Waals surface area contributed by atoms with E-state index in [2.05, 4.69) is 31.1 Å². The van der Waals surface area contributed by atoms with Crippen molar-refractivity contribution < 1.29 is 4.79 Å². The number of hydrogen-bond donors (Lipinski definition) is 2. The number of nitrogens with zero attached hydrogens (tertiary/aromatic N) is 1. The van der Waals surface area contributed by atoms with Gasteiger partial charge in [-0.15, -0.1) is 0 Å². The van der Waals surface area contributed by atoms with Crippen molar-refractivity contribution >= 4 is 11.6 Å². The van der Waals surface area contributed by atoms with Crippen LogP contribution in [-0.2, 0) is 11.2 Å². The molecule has 0 atom stereocenters. The van der Waals surface area contributed by atoms with E-state index in [1.54, 1.807) is 18.3 Å². The lowest BCUT2D eigenvalue weighted by molar-refractivity contribution is -0.122. The summed E-state index contributed by atoms with van der Waals surface area (Å²) in [5.41, 5.74) is 6.85. The average Bonchev–Trinajstić information content (AvgIpc) is 2.39. The van der Waals surface area contributed by atoms with Gasteiger partial charge in [-0.25, -0.2) is 0 Å². The summed E-state index contributed by atoms with van der Waals surface area (Å²) >= 11 is 0. The molecule has 3 N–H and O–H groups in total. The molecule has 0 fully saturated rings. The van der Waals surface area contributed by atoms with Gasteiger partial charge in [-0.3, -0.25) is 9.78 Å². The number of hydrogen-bond acceptors (Lipinski definition) is 3. The lowest BCUT2D eigenvalue weighted by atomic mass is 9.89. The predicted molar refractivity (Wildman–Crippen MR) is 74.1 cm³/mol. The molecule has 100 valence electrons. The maximum absolute atomic E-state index is 12.0. The van der Waals surface area contributed by atoms with Gasteiger partial charge in [-0.2, -0.15) is 0 Å². The molecular weight excluding hydrogens is 226 g/mol. The minimum atomic E-state index is -0.0785. The summed E-state index contributed by atoms with van der Waals surface area (Å²) < 4.78 is 0. The van der Waals surface area contributed by atoms with Crippen LogP contribution in [0.3, 0.4) is 0 Å². The standard InChI is InChI=1S/C14H23N3O/c1-4-14(5-2,6-3)17-13(18)9-12-8-7-11(15)10-16-12/h7-8,10H,4-6,9,15H2,1-3H3,(H,17,18). The second-order valence-corrected chi connectivity index (χ2v) is 4.65. The number of carbonyl (C=O) groups is 1. The van der Waals surface area contributed by atoms with E-state index >= 15 is 0 Å². The Morgan fingerprint density at radius 3 is 2.33 bits per heavy atom. The lowest BCUT2D eigenvalue weighted by Crippen LogP contribution is -2.47. The van der Waals surface area contributed by atoms with Crippen molar-refractivity contribution in [1.82, 2.24) is 10.3 Å². The van der Waals surface area contributed by atoms with Gasteiger partial charge in [0.25, 0.3) is 0 Å². The maximum Gasteiger partial charge on any atom is 0.226 e. The predicted octanol–water partition coefficient (Wildman–Crippen LogP) is 2.29. The molecule has 1 heterocycles. The topological polar surface area (TPSA) is 68.0 Å². The molecule has 0 saturated heterocycles. The molecular formula is C14H23N3O. The van der Waals surface area contributed by atoms with Crippen LogP contribution in [0.1, 0.15) is 45.7 Å². The van der Waals surface area contributed by atoms with E-state index in [0.717, 1.165) is 25.0 Å². The van der Waals surface area contributed by atoms with Gasteiger partial charge in [0, 0.05) is 11.2 Å². The Labute approximate surface area is 109 Å². The number of pyridine rings is 1. The number of carbonyl (C=O) groups excluding carboxylic acids is 1. The third kappa shape index (κ3) is 3.72. The molecule has 0 radical (unpaired) electrons. The largest absolute Gasteiger partial charge is 0.397 e. The van der Waals surface area contributed by atoms with Crippen LogP contribution in [0.25, 0.3) is 0 Å². The molecule has 4 heteroatoms. The summed E-state index contributed by atoms with van der Waals surface area (Å²) in [6.07, 6.45) is 4.72. The molecule has 0 aliphatic rings. The van der Waals surface area contributed by atoms with E-state index in [-0.39, 0.29) is 11.4 Å². The molecule has 1 amide bonds. The Bertz CT molecular complexity index is 374. The van der Waals surface area contributed by atoms with Crippen LogP contribution in [-0.4, -0.2) is 16.4 Å². The quantitative estimate of drug-likeness (QED) is 0.812. The molecule has 1 rings (SSSR count). The highest BCUT2D eigenvalue weighted by Crippen LogP contribution is 2.19. The third-order valence-corrected chi connectivity index (χ3v) is 3.62. The fraction of sp³-hybridized carbons (Fsp3) is 0.571. The van der Waals surface area contributed by atoms with Gasteiger partial charge in [0.05, 0.1) is 18.3 Å². The first-order valence-electron chi connectivity index (χ1n) is 6.56. The SMILES string of the molecule is CCC(CC)(CC)NC(=O)Cc1ccc(N)cn1. The number of nitrogens with two attached hydrogens (primary N) is 1. The van der Waals surface area contributed by atoms with E-state index in [0.29, 0.717) is 12.1 Å². The summed E-state index contributed by atoms with van der Waals surface area (Å²) in [6.45, 7) is 6.32. The number of amides is 1. The van der Waals surface area contributed by atoms with Crippen molar-refractivity contribution in [2.45, 2.75) is 52.0 Å². The van der Waals surface area contributed by atoms with Crippen molar-refractivity contribution in [1.29, 1.82) is 0 Å². The highest BCUT2D eigenvalue weighted by Gasteiger charge is 2.25. The van der Waals surface area contributed by atoms with Crippen molar-refractivity contribution in [3.63, 3.8) is 0 Å². The molecule has 0 unspecified atom stereocenters. The van der Waals surface area contributed by atoms with Gasteiger partial charge < -0.3 is 11.1 Å². The molecule has 0 spiro atoms. The van der Waals surface area contributed by atoms with Crippen molar-refractivity contribution in [3.8, 4) is 0 Å². The molecule has 0 aromatic carbocycles. The molecule has 1 aromatic heterocycles. The van der Waals surface area contributed by atoms with Gasteiger partial charge in [-0.1, -0.05) is 20.8 Å². The lowest BCUT2D eigenvalue weighted by Gasteiger charge is -2.31. The molecule has 0 aliphatic carbocycles. The van der Waals surface area contributed by atoms with Crippen LogP contribution in [0.2, 0.25) is 0 Å². The second kappa shape index (κ2) is 6.38. The molecule has 18 heavy (non-hydrogen) atoms. The Kier molecular flexibility index (Phi) is 5.13. The summed E-state index contributed by atoms with van der Waals surface area (Å²) in [5, 5.41) is 3.13. The molecule has 0 saturated carbocycles. The molecule has 4 nitrogen and oxygen atoms in total. The Balaban J connectivity index is 2.63. The van der Waals surface area contributed by atoms with Crippen LogP contribution >= 0.6 is 0 Å². The maximum atomic E-state index is 12.0. The van der Waals surface area contributed by atoms with Gasteiger partial charge in [-0.05, 0) is 31.4 Å². The zero-order valence-electron chi connectivity index (χ0n) is 11.5. The van der Waals surface area contributed by atoms with Crippen LogP contribution in [0.15, 0.2) is 18.3 Å². The van der Waals surface area contributed by atoms with Crippen molar-refractivity contribution in [3.05, 3.63) is 24.0 Å². The summed E-state index contributed by atoms with van der Waals surface area (Å²) in [7, 11) is 0. The summed E-state index contributed by atoms with van der Waals surface area (Å²) in [5.74, 6) is 0.0258. The third-order valence-electron chi connectivity index (χ3n) is 3.62. The monoisotopic (exact) mass is 249 g/mol.